The van der Waals surface area contributed by atoms with Crippen molar-refractivity contribution in [3.63, 3.8) is 0 Å². The van der Waals surface area contributed by atoms with Crippen molar-refractivity contribution in [1.29, 1.82) is 0 Å². The van der Waals surface area contributed by atoms with Crippen LogP contribution in [-0.4, -0.2) is 0 Å². The predicted octanol–water partition coefficient (Wildman–Crippen LogP) is 20.6. The van der Waals surface area contributed by atoms with Gasteiger partial charge < -0.3 is 14.2 Å². The van der Waals surface area contributed by atoms with Gasteiger partial charge in [0.1, 0.15) is 5.58 Å². The number of fused-ring (bicyclic) bond motifs is 10. The molecule has 4 heteroatoms. The fourth-order valence-corrected chi connectivity index (χ4v) is 13.5. The van der Waals surface area contributed by atoms with E-state index in [1.165, 1.54) is 75.8 Å². The van der Waals surface area contributed by atoms with Gasteiger partial charge in [0, 0.05) is 65.2 Å². The molecule has 2 heterocycles. The molecule has 12 aromatic carbocycles. The summed E-state index contributed by atoms with van der Waals surface area (Å²) in [6, 6.07) is 93.2. The fraction of sp³-hybridized carbons (Fsp3) is 0.0423. The first kappa shape index (κ1) is 43.5. The highest BCUT2D eigenvalue weighted by molar-refractivity contribution is 7.99. The Bertz CT molecular complexity index is 4430. The van der Waals surface area contributed by atoms with Crippen LogP contribution in [0.4, 0.5) is 34.1 Å². The minimum absolute atomic E-state index is 0.0844. The van der Waals surface area contributed by atoms with Crippen molar-refractivity contribution in [1.82, 2.24) is 0 Å². The summed E-state index contributed by atoms with van der Waals surface area (Å²) in [6.45, 7) is 4.71. The highest BCUT2D eigenvalue weighted by atomic mass is 32.2. The van der Waals surface area contributed by atoms with Crippen molar-refractivity contribution in [2.75, 3.05) is 9.80 Å². The van der Waals surface area contributed by atoms with Gasteiger partial charge >= 0.3 is 0 Å². The molecule has 0 bridgehead atoms. The third kappa shape index (κ3) is 6.83. The van der Waals surface area contributed by atoms with E-state index >= 15 is 0 Å². The van der Waals surface area contributed by atoms with Crippen molar-refractivity contribution < 1.29 is 4.42 Å². The molecule has 75 heavy (non-hydrogen) atoms. The first-order valence-electron chi connectivity index (χ1n) is 25.8. The molecule has 0 amide bonds. The monoisotopic (exact) mass is 976 g/mol. The summed E-state index contributed by atoms with van der Waals surface area (Å²) < 4.78 is 7.03. The molecule has 0 radical (unpaired) electrons. The summed E-state index contributed by atoms with van der Waals surface area (Å²) in [7, 11) is 0. The van der Waals surface area contributed by atoms with Crippen LogP contribution < -0.4 is 9.80 Å². The Hall–Kier alpha value is -9.09. The maximum Gasteiger partial charge on any atom is 0.159 e. The van der Waals surface area contributed by atoms with Crippen LogP contribution in [0.15, 0.2) is 269 Å². The lowest BCUT2D eigenvalue weighted by Crippen LogP contribution is -2.15. The first-order chi connectivity index (χ1) is 37.0. The number of hydrogen-bond acceptors (Lipinski definition) is 4. The first-order valence-corrected chi connectivity index (χ1v) is 26.6. The van der Waals surface area contributed by atoms with Gasteiger partial charge in [-0.2, -0.15) is 0 Å². The summed E-state index contributed by atoms with van der Waals surface area (Å²) in [4.78, 5) is 7.33. The average molecular weight is 977 g/mol. The largest absolute Gasteiger partial charge is 0.453 e. The molecular formula is C71H48N2OS. The number of para-hydroxylation sites is 4. The minimum atomic E-state index is -0.0844. The van der Waals surface area contributed by atoms with E-state index in [-0.39, 0.29) is 5.41 Å². The van der Waals surface area contributed by atoms with Gasteiger partial charge in [-0.15, -0.1) is 0 Å². The van der Waals surface area contributed by atoms with Gasteiger partial charge in [0.2, 0.25) is 0 Å². The van der Waals surface area contributed by atoms with Crippen molar-refractivity contribution >= 4 is 89.4 Å². The summed E-state index contributed by atoms with van der Waals surface area (Å²) in [5.74, 6) is 0. The number of nitrogens with zero attached hydrogens (tertiary/aromatic N) is 2. The number of hydrogen-bond donors (Lipinski definition) is 0. The van der Waals surface area contributed by atoms with Crippen molar-refractivity contribution in [3.8, 4) is 44.5 Å². The lowest BCUT2D eigenvalue weighted by molar-refractivity contribution is 0.660. The van der Waals surface area contributed by atoms with Crippen LogP contribution in [0.3, 0.4) is 0 Å². The van der Waals surface area contributed by atoms with Crippen molar-refractivity contribution in [2.45, 2.75) is 29.1 Å². The number of rotatable bonds is 8. The quantitative estimate of drug-likeness (QED) is 0.141. The number of benzene rings is 12. The second-order valence-corrected chi connectivity index (χ2v) is 21.5. The number of anilines is 6. The van der Waals surface area contributed by atoms with Crippen molar-refractivity contribution in [3.05, 3.63) is 266 Å². The molecular weight excluding hydrogens is 929 g/mol. The molecule has 354 valence electrons. The second kappa shape index (κ2) is 17.0. The zero-order valence-corrected chi connectivity index (χ0v) is 42.3. The van der Waals surface area contributed by atoms with Crippen LogP contribution in [0.5, 0.6) is 0 Å². The maximum atomic E-state index is 7.03. The van der Waals surface area contributed by atoms with E-state index in [1.54, 1.807) is 0 Å². The molecule has 3 nitrogen and oxygen atoms in total. The van der Waals surface area contributed by atoms with Crippen LogP contribution in [0.1, 0.15) is 25.0 Å². The highest BCUT2D eigenvalue weighted by Crippen LogP contribution is 2.55. The SMILES string of the molecule is CC1(C)c2ccccc2-c2cc(N(c3ccc4c(c3)Sc3cccc5c3c-4cc3ccc(N(c4ccccc4)c4cccc6c4oc4c(-c7ccccc7)cccc46)cc35)c3ccccc3-c3ccccc3)ccc21. The fourth-order valence-electron chi connectivity index (χ4n) is 12.3. The highest BCUT2D eigenvalue weighted by Gasteiger charge is 2.36. The maximum absolute atomic E-state index is 7.03. The smallest absolute Gasteiger partial charge is 0.159 e. The van der Waals surface area contributed by atoms with Crippen molar-refractivity contribution in [2.24, 2.45) is 0 Å². The van der Waals surface area contributed by atoms with E-state index in [2.05, 4.69) is 278 Å². The molecule has 13 aromatic rings. The van der Waals surface area contributed by atoms with Gasteiger partial charge in [-0.25, -0.2) is 0 Å². The minimum Gasteiger partial charge on any atom is -0.453 e. The third-order valence-corrected chi connectivity index (χ3v) is 16.9. The molecule has 0 saturated heterocycles. The van der Waals surface area contributed by atoms with Gasteiger partial charge in [0.05, 0.1) is 11.4 Å². The zero-order chi connectivity index (χ0) is 49.8. The summed E-state index contributed by atoms with van der Waals surface area (Å²) in [5, 5.41) is 7.14. The van der Waals surface area contributed by atoms with Gasteiger partial charge in [-0.3, -0.25) is 0 Å². The molecule has 0 unspecified atom stereocenters. The lowest BCUT2D eigenvalue weighted by Gasteiger charge is -2.30. The molecule has 15 rings (SSSR count). The van der Waals surface area contributed by atoms with E-state index < -0.39 is 0 Å². The van der Waals surface area contributed by atoms with Crippen LogP contribution in [0.25, 0.3) is 88.0 Å². The summed E-state index contributed by atoms with van der Waals surface area (Å²) >= 11 is 1.87. The molecule has 2 aliphatic rings. The van der Waals surface area contributed by atoms with Crippen LogP contribution in [0, 0.1) is 0 Å². The van der Waals surface area contributed by atoms with Crippen LogP contribution in [-0.2, 0) is 5.41 Å². The molecule has 0 spiro atoms. The second-order valence-electron chi connectivity index (χ2n) is 20.4. The Morgan fingerprint density at radius 3 is 1.72 bits per heavy atom. The normalized spacial score (nSPS) is 13.0. The topological polar surface area (TPSA) is 19.6 Å². The molecule has 1 aliphatic heterocycles. The van der Waals surface area contributed by atoms with Gasteiger partial charge in [0.25, 0.3) is 0 Å². The van der Waals surface area contributed by atoms with E-state index in [0.29, 0.717) is 0 Å². The van der Waals surface area contributed by atoms with Crippen LogP contribution in [0.2, 0.25) is 0 Å². The molecule has 0 saturated carbocycles. The standard InChI is InChI=1S/C71H48N2OS/c1-71(2)62-31-14-12-26-54(62)60-43-50(38-40-63(60)71)73(64-32-15-13-25-52(64)45-19-6-3-7-20-45)51-37-39-55-61-41-47-35-36-49(42-59(47)56-28-18-34-66(68(56)61)75-67(55)44-51)72(48-23-10-5-11-24-48)65-33-17-30-58-57-29-16-27-53(69(57)74-70(58)65)46-21-8-4-9-22-46/h3-44H,1-2H3. The Labute approximate surface area is 440 Å². The zero-order valence-electron chi connectivity index (χ0n) is 41.5. The van der Waals surface area contributed by atoms with E-state index in [0.717, 1.165) is 67.2 Å². The van der Waals surface area contributed by atoms with Gasteiger partial charge in [-0.1, -0.05) is 208 Å². The van der Waals surface area contributed by atoms with E-state index in [9.17, 15) is 0 Å². The van der Waals surface area contributed by atoms with Gasteiger partial charge in [-0.05, 0) is 133 Å². The summed E-state index contributed by atoms with van der Waals surface area (Å²) in [6.07, 6.45) is 0. The Kier molecular flexibility index (Phi) is 9.85. The average Bonchev–Trinajstić information content (AvgIpc) is 4.00. The van der Waals surface area contributed by atoms with Gasteiger partial charge in [0.15, 0.2) is 5.58 Å². The molecule has 0 fully saturated rings. The third-order valence-electron chi connectivity index (χ3n) is 15.8. The molecule has 0 N–H and O–H groups in total. The predicted molar refractivity (Wildman–Crippen MR) is 316 cm³/mol. The Morgan fingerprint density at radius 2 is 0.907 bits per heavy atom. The lowest BCUT2D eigenvalue weighted by atomic mass is 9.82. The molecule has 0 atom stereocenters. The van der Waals surface area contributed by atoms with E-state index in [1.807, 2.05) is 11.8 Å². The Balaban J connectivity index is 0.875. The van der Waals surface area contributed by atoms with E-state index in [4.69, 9.17) is 4.42 Å². The molecule has 1 aromatic heterocycles. The Morgan fingerprint density at radius 1 is 0.333 bits per heavy atom. The number of furan rings is 1. The summed E-state index contributed by atoms with van der Waals surface area (Å²) in [5.41, 5.74) is 20.6. The molecule has 1 aliphatic carbocycles. The van der Waals surface area contributed by atoms with Crippen LogP contribution >= 0.6 is 11.8 Å².